The average molecular weight is 464 g/mol. The van der Waals surface area contributed by atoms with Crippen LogP contribution < -0.4 is 4.74 Å². The summed E-state index contributed by atoms with van der Waals surface area (Å²) in [4.78, 5) is 13.2. The Morgan fingerprint density at radius 2 is 2.00 bits per heavy atom. The van der Waals surface area contributed by atoms with Gasteiger partial charge in [-0.2, -0.15) is 5.10 Å². The van der Waals surface area contributed by atoms with E-state index in [9.17, 15) is 13.9 Å². The Kier molecular flexibility index (Phi) is 5.45. The Labute approximate surface area is 194 Å². The Hall–Kier alpha value is -3.92. The number of halogens is 2. The van der Waals surface area contributed by atoms with E-state index in [2.05, 4.69) is 20.1 Å². The normalized spacial score (nSPS) is 17.8. The van der Waals surface area contributed by atoms with E-state index >= 15 is 0 Å². The van der Waals surface area contributed by atoms with Gasteiger partial charge in [-0.1, -0.05) is 6.07 Å². The van der Waals surface area contributed by atoms with Crippen molar-refractivity contribution in [2.75, 3.05) is 7.11 Å². The van der Waals surface area contributed by atoms with Gasteiger partial charge in [-0.05, 0) is 61.2 Å². The predicted molar refractivity (Wildman–Crippen MR) is 120 cm³/mol. The molecular formula is C24H22F2N6O2. The Morgan fingerprint density at radius 3 is 2.74 bits per heavy atom. The molecule has 1 aliphatic heterocycles. The fourth-order valence-corrected chi connectivity index (χ4v) is 4.11. The van der Waals surface area contributed by atoms with Crippen LogP contribution in [0.15, 0.2) is 43.0 Å². The predicted octanol–water partition coefficient (Wildman–Crippen LogP) is 3.65. The van der Waals surface area contributed by atoms with Gasteiger partial charge < -0.3 is 9.84 Å². The number of hydrogen-bond donors (Lipinski definition) is 1. The Balaban J connectivity index is 1.44. The highest BCUT2D eigenvalue weighted by Crippen LogP contribution is 2.37. The van der Waals surface area contributed by atoms with Crippen LogP contribution in [0.25, 0.3) is 18.0 Å². The van der Waals surface area contributed by atoms with Gasteiger partial charge in [0.2, 0.25) is 0 Å². The molecule has 0 radical (unpaired) electrons. The standard InChI is InChI=1S/C24H22F2N6O2/c1-15-13-31(14-28-15)22-20(34-2)10-16(12-27-22)4-7-21-29-23-24(33,8-3-9-32(23)30-21)17-5-6-18(25)19(26)11-17/h4-7,10-14,33H,3,8-9H2,1-2H3. The fourth-order valence-electron chi connectivity index (χ4n) is 4.11. The molecule has 0 spiro atoms. The molecule has 0 saturated carbocycles. The topological polar surface area (TPSA) is 90.9 Å². The van der Waals surface area contributed by atoms with E-state index < -0.39 is 17.2 Å². The zero-order valence-electron chi connectivity index (χ0n) is 18.6. The van der Waals surface area contributed by atoms with Gasteiger partial charge in [0.25, 0.3) is 0 Å². The summed E-state index contributed by atoms with van der Waals surface area (Å²) in [6.45, 7) is 2.46. The number of benzene rings is 1. The largest absolute Gasteiger partial charge is 0.493 e. The molecule has 1 aromatic carbocycles. The molecule has 1 unspecified atom stereocenters. The molecule has 5 rings (SSSR count). The number of aliphatic hydroxyl groups is 1. The van der Waals surface area contributed by atoms with Crippen molar-refractivity contribution in [1.82, 2.24) is 29.3 Å². The quantitative estimate of drug-likeness (QED) is 0.485. The van der Waals surface area contributed by atoms with Crippen molar-refractivity contribution in [2.45, 2.75) is 31.9 Å². The SMILES string of the molecule is COc1cc(C=Cc2nc3n(n2)CCCC3(O)c2ccc(F)c(F)c2)cnc1-n1cnc(C)c1. The maximum absolute atomic E-state index is 13.8. The van der Waals surface area contributed by atoms with Crippen LogP contribution >= 0.6 is 0 Å². The van der Waals surface area contributed by atoms with Gasteiger partial charge in [0.05, 0.1) is 12.8 Å². The number of aryl methyl sites for hydroxylation is 2. The number of aromatic nitrogens is 6. The molecule has 0 amide bonds. The number of rotatable bonds is 5. The number of methoxy groups -OCH3 is 1. The third-order valence-corrected chi connectivity index (χ3v) is 5.82. The molecule has 1 atom stereocenters. The second-order valence-electron chi connectivity index (χ2n) is 8.16. The summed E-state index contributed by atoms with van der Waals surface area (Å²) in [5, 5.41) is 15.8. The molecule has 174 valence electrons. The fraction of sp³-hybridized carbons (Fsp3) is 0.250. The summed E-state index contributed by atoms with van der Waals surface area (Å²) >= 11 is 0. The van der Waals surface area contributed by atoms with Crippen LogP contribution in [0, 0.1) is 18.6 Å². The summed E-state index contributed by atoms with van der Waals surface area (Å²) in [5.41, 5.74) is 0.322. The van der Waals surface area contributed by atoms with E-state index in [1.54, 1.807) is 41.0 Å². The van der Waals surface area contributed by atoms with Crippen LogP contribution in [0.1, 0.15) is 41.3 Å². The zero-order valence-corrected chi connectivity index (χ0v) is 18.6. The first-order valence-corrected chi connectivity index (χ1v) is 10.7. The number of hydrogen-bond acceptors (Lipinski definition) is 6. The summed E-state index contributed by atoms with van der Waals surface area (Å²) in [6.07, 6.45) is 9.65. The van der Waals surface area contributed by atoms with E-state index in [-0.39, 0.29) is 5.56 Å². The molecular weight excluding hydrogens is 442 g/mol. The molecule has 4 aromatic rings. The summed E-state index contributed by atoms with van der Waals surface area (Å²) in [7, 11) is 1.57. The lowest BCUT2D eigenvalue weighted by molar-refractivity contribution is 0.0391. The monoisotopic (exact) mass is 464 g/mol. The molecule has 0 saturated heterocycles. The van der Waals surface area contributed by atoms with Crippen LogP contribution in [0.3, 0.4) is 0 Å². The molecule has 0 fully saturated rings. The van der Waals surface area contributed by atoms with Gasteiger partial charge in [-0.15, -0.1) is 0 Å². The van der Waals surface area contributed by atoms with E-state index in [0.717, 1.165) is 23.4 Å². The van der Waals surface area contributed by atoms with Crippen molar-refractivity contribution in [2.24, 2.45) is 0 Å². The lowest BCUT2D eigenvalue weighted by Crippen LogP contribution is -2.35. The Bertz CT molecular complexity index is 1400. The number of fused-ring (bicyclic) bond motifs is 1. The van der Waals surface area contributed by atoms with Crippen LogP contribution in [0.2, 0.25) is 0 Å². The molecule has 4 heterocycles. The zero-order chi connectivity index (χ0) is 23.9. The van der Waals surface area contributed by atoms with Crippen LogP contribution in [0.5, 0.6) is 5.75 Å². The van der Waals surface area contributed by atoms with E-state index in [0.29, 0.717) is 42.6 Å². The first-order valence-electron chi connectivity index (χ1n) is 10.7. The summed E-state index contributed by atoms with van der Waals surface area (Å²) < 4.78 is 36.1. The third kappa shape index (κ3) is 3.86. The molecule has 3 aromatic heterocycles. The van der Waals surface area contributed by atoms with Crippen molar-refractivity contribution < 1.29 is 18.6 Å². The first-order chi connectivity index (χ1) is 16.4. The highest BCUT2D eigenvalue weighted by atomic mass is 19.2. The highest BCUT2D eigenvalue weighted by Gasteiger charge is 2.40. The number of ether oxygens (including phenoxy) is 1. The molecule has 8 nitrogen and oxygen atoms in total. The van der Waals surface area contributed by atoms with Gasteiger partial charge in [0.1, 0.15) is 11.9 Å². The lowest BCUT2D eigenvalue weighted by atomic mass is 9.86. The number of imidazole rings is 1. The molecule has 10 heteroatoms. The third-order valence-electron chi connectivity index (χ3n) is 5.82. The van der Waals surface area contributed by atoms with Crippen molar-refractivity contribution in [3.05, 3.63) is 83.1 Å². The van der Waals surface area contributed by atoms with Crippen molar-refractivity contribution in [1.29, 1.82) is 0 Å². The van der Waals surface area contributed by atoms with Crippen LogP contribution in [-0.4, -0.2) is 41.5 Å². The minimum atomic E-state index is -1.55. The number of nitrogens with zero attached hydrogens (tertiary/aromatic N) is 6. The van der Waals surface area contributed by atoms with Gasteiger partial charge in [-0.25, -0.2) is 28.4 Å². The minimum Gasteiger partial charge on any atom is -0.493 e. The minimum absolute atomic E-state index is 0.245. The molecule has 0 bridgehead atoms. The van der Waals surface area contributed by atoms with Crippen LogP contribution in [-0.2, 0) is 12.1 Å². The van der Waals surface area contributed by atoms with Gasteiger partial charge in [-0.3, -0.25) is 4.57 Å². The first kappa shape index (κ1) is 21.9. The lowest BCUT2D eigenvalue weighted by Gasteiger charge is -2.31. The van der Waals surface area contributed by atoms with Crippen molar-refractivity contribution in [3.63, 3.8) is 0 Å². The van der Waals surface area contributed by atoms with Gasteiger partial charge in [0.15, 0.2) is 34.9 Å². The maximum atomic E-state index is 13.8. The summed E-state index contributed by atoms with van der Waals surface area (Å²) in [6, 6.07) is 5.23. The van der Waals surface area contributed by atoms with E-state index in [4.69, 9.17) is 4.74 Å². The second kappa shape index (κ2) is 8.45. The van der Waals surface area contributed by atoms with Gasteiger partial charge >= 0.3 is 0 Å². The second-order valence-corrected chi connectivity index (χ2v) is 8.16. The highest BCUT2D eigenvalue weighted by molar-refractivity contribution is 5.67. The smallest absolute Gasteiger partial charge is 0.180 e. The van der Waals surface area contributed by atoms with Crippen molar-refractivity contribution >= 4 is 12.2 Å². The van der Waals surface area contributed by atoms with E-state index in [1.165, 1.54) is 6.07 Å². The maximum Gasteiger partial charge on any atom is 0.180 e. The molecule has 34 heavy (non-hydrogen) atoms. The Morgan fingerprint density at radius 1 is 1.15 bits per heavy atom. The molecule has 1 aliphatic rings. The molecule has 0 aliphatic carbocycles. The van der Waals surface area contributed by atoms with Crippen LogP contribution in [0.4, 0.5) is 8.78 Å². The van der Waals surface area contributed by atoms with Crippen molar-refractivity contribution in [3.8, 4) is 11.6 Å². The van der Waals surface area contributed by atoms with E-state index in [1.807, 2.05) is 19.2 Å². The van der Waals surface area contributed by atoms with Gasteiger partial charge in [0, 0.05) is 18.9 Å². The number of pyridine rings is 1. The summed E-state index contributed by atoms with van der Waals surface area (Å²) in [5.74, 6) is -0.112. The molecule has 1 N–H and O–H groups in total. The average Bonchev–Trinajstić information content (AvgIpc) is 3.46.